The van der Waals surface area contributed by atoms with E-state index in [1.807, 2.05) is 19.1 Å². The number of hydrogen-bond acceptors (Lipinski definition) is 4. The van der Waals surface area contributed by atoms with Crippen LogP contribution >= 0.6 is 0 Å². The molecular formula is C19H23NO3. The van der Waals surface area contributed by atoms with E-state index in [2.05, 4.69) is 11.5 Å². The minimum atomic E-state index is -0.441. The van der Waals surface area contributed by atoms with E-state index in [4.69, 9.17) is 4.74 Å². The fraction of sp³-hybridized carbons (Fsp3) is 0.526. The van der Waals surface area contributed by atoms with Crippen LogP contribution in [-0.2, 0) is 16.6 Å². The second-order valence-corrected chi connectivity index (χ2v) is 7.02. The Bertz CT molecular complexity index is 683. The number of fused-ring (bicyclic) bond motifs is 1. The summed E-state index contributed by atoms with van der Waals surface area (Å²) in [7, 11) is 0. The number of piperidine rings is 1. The molecular weight excluding hydrogens is 290 g/mol. The molecule has 1 aliphatic carbocycles. The first kappa shape index (κ1) is 14.8. The minimum absolute atomic E-state index is 0.143. The van der Waals surface area contributed by atoms with Crippen molar-refractivity contribution in [2.24, 2.45) is 0 Å². The number of carbonyl (C=O) groups excluding carboxylic acids is 1. The Labute approximate surface area is 136 Å². The van der Waals surface area contributed by atoms with Gasteiger partial charge in [-0.05, 0) is 37.4 Å². The molecule has 1 spiro atoms. The fourth-order valence-corrected chi connectivity index (χ4v) is 4.87. The Kier molecular flexibility index (Phi) is 3.27. The highest BCUT2D eigenvalue weighted by Crippen LogP contribution is 2.58. The monoisotopic (exact) mass is 313 g/mol. The average Bonchev–Trinajstić information content (AvgIpc) is 2.89. The number of nitrogens with zero attached hydrogens (tertiary/aromatic N) is 1. The molecule has 1 saturated heterocycles. The molecule has 1 fully saturated rings. The van der Waals surface area contributed by atoms with Crippen molar-refractivity contribution < 1.29 is 14.6 Å². The van der Waals surface area contributed by atoms with Crippen molar-refractivity contribution in [3.8, 4) is 11.5 Å². The summed E-state index contributed by atoms with van der Waals surface area (Å²) < 4.78 is 6.05. The molecule has 0 aromatic heterocycles. The highest BCUT2D eigenvalue weighted by Gasteiger charge is 2.58. The molecule has 4 nitrogen and oxygen atoms in total. The quantitative estimate of drug-likeness (QED) is 0.868. The number of likely N-dealkylation sites (tertiary alicyclic amines) is 1. The van der Waals surface area contributed by atoms with Crippen molar-refractivity contribution in [2.45, 2.75) is 50.2 Å². The molecule has 122 valence electrons. The number of aromatic hydroxyl groups is 1. The third-order valence-electron chi connectivity index (χ3n) is 5.88. The first-order chi connectivity index (χ1) is 11.1. The molecule has 1 N–H and O–H groups in total. The zero-order valence-electron chi connectivity index (χ0n) is 13.5. The third-order valence-corrected chi connectivity index (χ3v) is 5.88. The zero-order valence-corrected chi connectivity index (χ0v) is 13.5. The zero-order chi connectivity index (χ0) is 16.2. The molecule has 1 aromatic rings. The maximum Gasteiger partial charge on any atom is 0.173 e. The smallest absolute Gasteiger partial charge is 0.173 e. The van der Waals surface area contributed by atoms with Gasteiger partial charge in [-0.2, -0.15) is 0 Å². The van der Waals surface area contributed by atoms with Gasteiger partial charge in [-0.25, -0.2) is 0 Å². The first-order valence-electron chi connectivity index (χ1n) is 8.50. The van der Waals surface area contributed by atoms with Crippen LogP contribution in [0.4, 0.5) is 0 Å². The summed E-state index contributed by atoms with van der Waals surface area (Å²) in [5, 5.41) is 10.2. The van der Waals surface area contributed by atoms with Crippen molar-refractivity contribution >= 4 is 5.78 Å². The second kappa shape index (κ2) is 5.10. The number of Topliss-reactive ketones (excluding diaryl/α,β-unsaturated/α-hetero) is 1. The van der Waals surface area contributed by atoms with Gasteiger partial charge in [0.15, 0.2) is 23.4 Å². The molecule has 4 heteroatoms. The molecule has 0 saturated carbocycles. The SMILES string of the molecule is C=CCN1CC[C@]23C[C@H]1Cc1ccc(O)c(c12)O[C@H]3C(=O)CC. The molecule has 4 rings (SSSR count). The molecule has 2 bridgehead atoms. The van der Waals surface area contributed by atoms with E-state index in [1.165, 1.54) is 5.56 Å². The summed E-state index contributed by atoms with van der Waals surface area (Å²) in [6.45, 7) is 7.59. The number of ether oxygens (including phenoxy) is 1. The summed E-state index contributed by atoms with van der Waals surface area (Å²) in [4.78, 5) is 15.0. The van der Waals surface area contributed by atoms with Crippen LogP contribution in [0.3, 0.4) is 0 Å². The van der Waals surface area contributed by atoms with E-state index in [9.17, 15) is 9.90 Å². The number of ketones is 1. The summed E-state index contributed by atoms with van der Waals surface area (Å²) in [5.41, 5.74) is 2.09. The van der Waals surface area contributed by atoms with Crippen LogP contribution in [0.1, 0.15) is 37.3 Å². The molecule has 2 aliphatic heterocycles. The standard InChI is InChI=1S/C19H23NO3/c1-3-8-20-9-7-19-11-13(20)10-12-5-6-15(22)17(16(12)19)23-18(19)14(21)4-2/h3,5-6,13,18,22H,1,4,7-11H2,2H3/t13-,18+,19+/m1/s1. The van der Waals surface area contributed by atoms with Gasteiger partial charge in [-0.3, -0.25) is 9.69 Å². The Morgan fingerprint density at radius 3 is 3.13 bits per heavy atom. The normalized spacial score (nSPS) is 31.3. The van der Waals surface area contributed by atoms with E-state index >= 15 is 0 Å². The van der Waals surface area contributed by atoms with Crippen molar-refractivity contribution in [1.29, 1.82) is 0 Å². The van der Waals surface area contributed by atoms with Crippen LogP contribution in [0.25, 0.3) is 0 Å². The Balaban J connectivity index is 1.85. The summed E-state index contributed by atoms with van der Waals surface area (Å²) in [6, 6.07) is 4.13. The molecule has 3 aliphatic rings. The predicted octanol–water partition coefficient (Wildman–Crippen LogP) is 2.58. The van der Waals surface area contributed by atoms with Crippen LogP contribution in [0.15, 0.2) is 24.8 Å². The lowest BCUT2D eigenvalue weighted by atomic mass is 9.61. The number of benzene rings is 1. The van der Waals surface area contributed by atoms with E-state index in [-0.39, 0.29) is 16.9 Å². The van der Waals surface area contributed by atoms with Gasteiger partial charge in [0.05, 0.1) is 0 Å². The van der Waals surface area contributed by atoms with E-state index < -0.39 is 6.10 Å². The highest BCUT2D eigenvalue weighted by molar-refractivity contribution is 5.87. The largest absolute Gasteiger partial charge is 0.504 e. The molecule has 0 radical (unpaired) electrons. The number of phenolic OH excluding ortho intramolecular Hbond substituents is 1. The van der Waals surface area contributed by atoms with Gasteiger partial charge in [0.25, 0.3) is 0 Å². The van der Waals surface area contributed by atoms with Crippen LogP contribution in [0, 0.1) is 0 Å². The Hall–Kier alpha value is -1.81. The van der Waals surface area contributed by atoms with Crippen molar-refractivity contribution in [1.82, 2.24) is 4.90 Å². The van der Waals surface area contributed by atoms with E-state index in [0.29, 0.717) is 18.2 Å². The maximum absolute atomic E-state index is 12.6. The van der Waals surface area contributed by atoms with Crippen molar-refractivity contribution in [3.05, 3.63) is 35.9 Å². The van der Waals surface area contributed by atoms with Gasteiger partial charge in [0.2, 0.25) is 0 Å². The Morgan fingerprint density at radius 2 is 2.39 bits per heavy atom. The molecule has 0 unspecified atom stereocenters. The lowest BCUT2D eigenvalue weighted by molar-refractivity contribution is -0.129. The van der Waals surface area contributed by atoms with Crippen LogP contribution in [-0.4, -0.2) is 41.0 Å². The highest BCUT2D eigenvalue weighted by atomic mass is 16.5. The lowest BCUT2D eigenvalue weighted by Gasteiger charge is -2.50. The van der Waals surface area contributed by atoms with E-state index in [1.54, 1.807) is 6.07 Å². The van der Waals surface area contributed by atoms with Gasteiger partial charge < -0.3 is 9.84 Å². The van der Waals surface area contributed by atoms with Gasteiger partial charge in [0, 0.05) is 30.0 Å². The predicted molar refractivity (Wildman–Crippen MR) is 88.0 cm³/mol. The van der Waals surface area contributed by atoms with Crippen LogP contribution < -0.4 is 4.74 Å². The topological polar surface area (TPSA) is 49.8 Å². The van der Waals surface area contributed by atoms with Gasteiger partial charge in [-0.1, -0.05) is 19.1 Å². The number of carbonyl (C=O) groups is 1. The molecule has 23 heavy (non-hydrogen) atoms. The third kappa shape index (κ3) is 1.91. The maximum atomic E-state index is 12.6. The number of hydrogen-bond donors (Lipinski definition) is 1. The summed E-state index contributed by atoms with van der Waals surface area (Å²) in [5.74, 6) is 0.871. The molecule has 2 heterocycles. The molecule has 1 aromatic carbocycles. The van der Waals surface area contributed by atoms with Gasteiger partial charge >= 0.3 is 0 Å². The average molecular weight is 313 g/mol. The minimum Gasteiger partial charge on any atom is -0.504 e. The fourth-order valence-electron chi connectivity index (χ4n) is 4.87. The van der Waals surface area contributed by atoms with Crippen LogP contribution in [0.2, 0.25) is 0 Å². The summed E-state index contributed by atoms with van der Waals surface area (Å²) >= 11 is 0. The number of phenols is 1. The second-order valence-electron chi connectivity index (χ2n) is 7.02. The van der Waals surface area contributed by atoms with E-state index in [0.717, 1.165) is 37.9 Å². The molecule has 3 atom stereocenters. The van der Waals surface area contributed by atoms with Gasteiger partial charge in [-0.15, -0.1) is 6.58 Å². The lowest BCUT2D eigenvalue weighted by Crippen LogP contribution is -2.57. The molecule has 0 amide bonds. The number of rotatable bonds is 4. The first-order valence-corrected chi connectivity index (χ1v) is 8.50. The summed E-state index contributed by atoms with van der Waals surface area (Å²) in [6.07, 6.45) is 4.77. The van der Waals surface area contributed by atoms with Crippen molar-refractivity contribution in [2.75, 3.05) is 13.1 Å². The van der Waals surface area contributed by atoms with Crippen LogP contribution in [0.5, 0.6) is 11.5 Å². The van der Waals surface area contributed by atoms with Gasteiger partial charge in [0.1, 0.15) is 0 Å². The van der Waals surface area contributed by atoms with Crippen molar-refractivity contribution in [3.63, 3.8) is 0 Å². The Morgan fingerprint density at radius 1 is 1.57 bits per heavy atom.